The van der Waals surface area contributed by atoms with Crippen LogP contribution in [0.2, 0.25) is 0 Å². The summed E-state index contributed by atoms with van der Waals surface area (Å²) in [6.07, 6.45) is 7.66. The highest BCUT2D eigenvalue weighted by Crippen LogP contribution is 2.22. The minimum absolute atomic E-state index is 0.213. The van der Waals surface area contributed by atoms with Crippen molar-refractivity contribution in [3.05, 3.63) is 48.5 Å². The molecule has 1 aliphatic heterocycles. The number of likely N-dealkylation sites (tertiary alicyclic amines) is 1. The van der Waals surface area contributed by atoms with Crippen molar-refractivity contribution in [3.63, 3.8) is 0 Å². The van der Waals surface area contributed by atoms with E-state index < -0.39 is 0 Å². The standard InChI is InChI=1S/C17H24N4/c1-14(18)16-9-5-6-11-20(16)13-17-19-10-12-21(17)15-7-3-2-4-8-15/h2-4,7-8,10,12,14,16H,5-6,9,11,13,18H2,1H3. The summed E-state index contributed by atoms with van der Waals surface area (Å²) < 4.78 is 2.17. The van der Waals surface area contributed by atoms with E-state index in [0.29, 0.717) is 6.04 Å². The van der Waals surface area contributed by atoms with E-state index in [9.17, 15) is 0 Å². The van der Waals surface area contributed by atoms with Crippen molar-refractivity contribution in [1.82, 2.24) is 14.5 Å². The number of para-hydroxylation sites is 1. The Morgan fingerprint density at radius 2 is 2.10 bits per heavy atom. The summed E-state index contributed by atoms with van der Waals surface area (Å²) in [7, 11) is 0. The summed E-state index contributed by atoms with van der Waals surface area (Å²) >= 11 is 0. The smallest absolute Gasteiger partial charge is 0.127 e. The first kappa shape index (κ1) is 14.3. The van der Waals surface area contributed by atoms with Crippen LogP contribution in [0.1, 0.15) is 32.0 Å². The summed E-state index contributed by atoms with van der Waals surface area (Å²) in [5.41, 5.74) is 7.33. The number of imidazole rings is 1. The van der Waals surface area contributed by atoms with Crippen molar-refractivity contribution in [2.24, 2.45) is 5.73 Å². The van der Waals surface area contributed by atoms with E-state index in [0.717, 1.165) is 18.9 Å². The van der Waals surface area contributed by atoms with E-state index in [-0.39, 0.29) is 6.04 Å². The molecule has 21 heavy (non-hydrogen) atoms. The molecule has 2 N–H and O–H groups in total. The van der Waals surface area contributed by atoms with Gasteiger partial charge in [-0.1, -0.05) is 24.6 Å². The molecule has 0 radical (unpaired) electrons. The lowest BCUT2D eigenvalue weighted by molar-refractivity contribution is 0.119. The molecule has 0 spiro atoms. The molecule has 1 aromatic carbocycles. The summed E-state index contributed by atoms with van der Waals surface area (Å²) in [6, 6.07) is 11.1. The number of rotatable bonds is 4. The Balaban J connectivity index is 1.80. The number of piperidine rings is 1. The van der Waals surface area contributed by atoms with Crippen LogP contribution in [0.3, 0.4) is 0 Å². The SMILES string of the molecule is CC(N)C1CCCCN1Cc1nccn1-c1ccccc1. The van der Waals surface area contributed by atoms with Crippen molar-refractivity contribution in [3.8, 4) is 5.69 Å². The first-order valence-electron chi connectivity index (χ1n) is 7.83. The van der Waals surface area contributed by atoms with Gasteiger partial charge >= 0.3 is 0 Å². The summed E-state index contributed by atoms with van der Waals surface area (Å²) in [5, 5.41) is 0. The van der Waals surface area contributed by atoms with Crippen molar-refractivity contribution < 1.29 is 0 Å². The fraction of sp³-hybridized carbons (Fsp3) is 0.471. The molecular weight excluding hydrogens is 260 g/mol. The lowest BCUT2D eigenvalue weighted by Gasteiger charge is -2.37. The van der Waals surface area contributed by atoms with Crippen molar-refractivity contribution in [1.29, 1.82) is 0 Å². The van der Waals surface area contributed by atoms with E-state index in [4.69, 9.17) is 5.73 Å². The van der Waals surface area contributed by atoms with Crippen molar-refractivity contribution >= 4 is 0 Å². The second-order valence-electron chi connectivity index (χ2n) is 5.94. The van der Waals surface area contributed by atoms with Gasteiger partial charge in [-0.15, -0.1) is 0 Å². The van der Waals surface area contributed by atoms with E-state index in [1.54, 1.807) is 0 Å². The quantitative estimate of drug-likeness (QED) is 0.938. The Kier molecular flexibility index (Phi) is 4.36. The third-order valence-electron chi connectivity index (χ3n) is 4.37. The van der Waals surface area contributed by atoms with Crippen LogP contribution < -0.4 is 5.73 Å². The van der Waals surface area contributed by atoms with E-state index in [2.05, 4.69) is 45.6 Å². The van der Waals surface area contributed by atoms with Gasteiger partial charge in [-0.05, 0) is 38.4 Å². The van der Waals surface area contributed by atoms with Gasteiger partial charge in [0.2, 0.25) is 0 Å². The Bertz CT molecular complexity index is 561. The van der Waals surface area contributed by atoms with Crippen molar-refractivity contribution in [2.75, 3.05) is 6.54 Å². The molecule has 0 aliphatic carbocycles. The van der Waals surface area contributed by atoms with Gasteiger partial charge in [0.1, 0.15) is 5.82 Å². The molecule has 1 aromatic heterocycles. The highest BCUT2D eigenvalue weighted by molar-refractivity contribution is 5.32. The van der Waals surface area contributed by atoms with Crippen LogP contribution in [-0.2, 0) is 6.54 Å². The maximum Gasteiger partial charge on any atom is 0.127 e. The van der Waals surface area contributed by atoms with Gasteiger partial charge in [-0.25, -0.2) is 4.98 Å². The molecule has 1 saturated heterocycles. The Morgan fingerprint density at radius 3 is 2.86 bits per heavy atom. The van der Waals surface area contributed by atoms with E-state index in [1.807, 2.05) is 18.5 Å². The molecule has 2 atom stereocenters. The Labute approximate surface area is 126 Å². The average Bonchev–Trinajstić information content (AvgIpc) is 2.96. The third-order valence-corrected chi connectivity index (χ3v) is 4.37. The van der Waals surface area contributed by atoms with Crippen LogP contribution in [0.15, 0.2) is 42.7 Å². The summed E-state index contributed by atoms with van der Waals surface area (Å²) in [5.74, 6) is 1.09. The minimum atomic E-state index is 0.213. The number of hydrogen-bond donors (Lipinski definition) is 1. The third kappa shape index (κ3) is 3.17. The molecule has 1 aliphatic rings. The minimum Gasteiger partial charge on any atom is -0.327 e. The van der Waals surface area contributed by atoms with Crippen LogP contribution in [-0.4, -0.2) is 33.1 Å². The molecule has 2 aromatic rings. The van der Waals surface area contributed by atoms with Gasteiger partial charge in [-0.3, -0.25) is 4.90 Å². The first-order valence-corrected chi connectivity index (χ1v) is 7.83. The molecule has 0 amide bonds. The largest absolute Gasteiger partial charge is 0.327 e. The number of nitrogens with zero attached hydrogens (tertiary/aromatic N) is 3. The van der Waals surface area contributed by atoms with Crippen LogP contribution in [0.25, 0.3) is 5.69 Å². The summed E-state index contributed by atoms with van der Waals surface area (Å²) in [6.45, 7) is 4.11. The summed E-state index contributed by atoms with van der Waals surface area (Å²) in [4.78, 5) is 7.06. The highest BCUT2D eigenvalue weighted by Gasteiger charge is 2.26. The Hall–Kier alpha value is -1.65. The topological polar surface area (TPSA) is 47.1 Å². The van der Waals surface area contributed by atoms with Crippen molar-refractivity contribution in [2.45, 2.75) is 44.8 Å². The van der Waals surface area contributed by atoms with Crippen LogP contribution in [0.4, 0.5) is 0 Å². The zero-order valence-corrected chi connectivity index (χ0v) is 12.7. The molecular formula is C17H24N4. The maximum atomic E-state index is 6.17. The maximum absolute atomic E-state index is 6.17. The molecule has 3 rings (SSSR count). The molecule has 0 bridgehead atoms. The number of benzene rings is 1. The first-order chi connectivity index (χ1) is 10.3. The average molecular weight is 284 g/mol. The van der Waals surface area contributed by atoms with Crippen LogP contribution >= 0.6 is 0 Å². The predicted molar refractivity (Wildman–Crippen MR) is 85.3 cm³/mol. The van der Waals surface area contributed by atoms with Gasteiger partial charge in [0, 0.05) is 30.2 Å². The molecule has 4 nitrogen and oxygen atoms in total. The predicted octanol–water partition coefficient (Wildman–Crippen LogP) is 2.57. The van der Waals surface area contributed by atoms with Gasteiger partial charge in [0.25, 0.3) is 0 Å². The lowest BCUT2D eigenvalue weighted by atomic mass is 9.97. The molecule has 4 heteroatoms. The molecule has 0 saturated carbocycles. The fourth-order valence-electron chi connectivity index (χ4n) is 3.27. The number of aromatic nitrogens is 2. The monoisotopic (exact) mass is 284 g/mol. The zero-order valence-electron chi connectivity index (χ0n) is 12.7. The van der Waals surface area contributed by atoms with Crippen LogP contribution in [0.5, 0.6) is 0 Å². The van der Waals surface area contributed by atoms with E-state index >= 15 is 0 Å². The second-order valence-corrected chi connectivity index (χ2v) is 5.94. The normalized spacial score (nSPS) is 21.3. The Morgan fingerprint density at radius 1 is 1.29 bits per heavy atom. The lowest BCUT2D eigenvalue weighted by Crippen LogP contribution is -2.48. The van der Waals surface area contributed by atoms with Gasteiger partial charge in [-0.2, -0.15) is 0 Å². The molecule has 2 unspecified atom stereocenters. The van der Waals surface area contributed by atoms with E-state index in [1.165, 1.54) is 24.9 Å². The van der Waals surface area contributed by atoms with Gasteiger partial charge < -0.3 is 10.3 Å². The molecule has 1 fully saturated rings. The van der Waals surface area contributed by atoms with Gasteiger partial charge in [0.15, 0.2) is 0 Å². The molecule has 2 heterocycles. The molecule has 112 valence electrons. The second kappa shape index (κ2) is 6.41. The fourth-order valence-corrected chi connectivity index (χ4v) is 3.27. The number of nitrogens with two attached hydrogens (primary N) is 1. The van der Waals surface area contributed by atoms with Gasteiger partial charge in [0.05, 0.1) is 6.54 Å². The highest BCUT2D eigenvalue weighted by atomic mass is 15.2. The zero-order chi connectivity index (χ0) is 14.7. The number of hydrogen-bond acceptors (Lipinski definition) is 3. The van der Waals surface area contributed by atoms with Crippen LogP contribution in [0, 0.1) is 0 Å².